The molecule has 0 N–H and O–H groups in total. The van der Waals surface area contributed by atoms with Gasteiger partial charge in [-0.05, 0) is 12.1 Å². The van der Waals surface area contributed by atoms with Gasteiger partial charge in [0.1, 0.15) is 0 Å². The molecular weight excluding hydrogens is 342 g/mol. The van der Waals surface area contributed by atoms with E-state index in [2.05, 4.69) is 17.0 Å². The Kier molecular flexibility index (Phi) is 7.22. The van der Waals surface area contributed by atoms with Crippen molar-refractivity contribution in [3.63, 3.8) is 0 Å². The monoisotopic (exact) mass is 369 g/mol. The van der Waals surface area contributed by atoms with Gasteiger partial charge in [0.25, 0.3) is 0 Å². The number of rotatable bonds is 8. The Morgan fingerprint density at radius 3 is 2.32 bits per heavy atom. The molecule has 1 saturated heterocycles. The Hall–Kier alpha value is -1.64. The summed E-state index contributed by atoms with van der Waals surface area (Å²) in [5.41, 5.74) is 1.16. The number of carbonyl (C=O) groups excluding carboxylic acids is 1. The molecule has 1 aromatic carbocycles. The van der Waals surface area contributed by atoms with Crippen molar-refractivity contribution < 1.29 is 17.9 Å². The predicted molar refractivity (Wildman–Crippen MR) is 98.1 cm³/mol. The van der Waals surface area contributed by atoms with E-state index in [-0.39, 0.29) is 25.4 Å². The predicted octanol–water partition coefficient (Wildman–Crippen LogP) is 0.633. The molecule has 1 heterocycles. The first-order valence-corrected chi connectivity index (χ1v) is 10.3. The molecule has 2 rings (SSSR count). The van der Waals surface area contributed by atoms with Crippen LogP contribution in [0.4, 0.5) is 5.69 Å². The van der Waals surface area contributed by atoms with E-state index in [1.807, 2.05) is 23.1 Å². The number of hydrogen-bond acceptors (Lipinski definition) is 5. The number of piperazine rings is 1. The van der Waals surface area contributed by atoms with Crippen LogP contribution in [0.25, 0.3) is 0 Å². The van der Waals surface area contributed by atoms with Crippen molar-refractivity contribution in [1.29, 1.82) is 0 Å². The topological polar surface area (TPSA) is 70.2 Å². The van der Waals surface area contributed by atoms with E-state index in [1.165, 1.54) is 11.4 Å². The molecule has 0 aliphatic carbocycles. The fourth-order valence-corrected chi connectivity index (χ4v) is 3.70. The normalized spacial score (nSPS) is 15.6. The molecule has 1 aromatic rings. The molecular formula is C17H27N3O4S. The molecule has 7 nitrogen and oxygen atoms in total. The first-order valence-electron chi connectivity index (χ1n) is 8.43. The Morgan fingerprint density at radius 1 is 1.12 bits per heavy atom. The summed E-state index contributed by atoms with van der Waals surface area (Å²) in [5, 5.41) is 0. The van der Waals surface area contributed by atoms with Crippen LogP contribution in [-0.4, -0.2) is 82.8 Å². The molecule has 0 saturated carbocycles. The first kappa shape index (κ1) is 19.7. The largest absolute Gasteiger partial charge is 0.383 e. The van der Waals surface area contributed by atoms with Gasteiger partial charge in [0.2, 0.25) is 15.9 Å². The lowest BCUT2D eigenvalue weighted by Gasteiger charge is -2.36. The molecule has 0 radical (unpaired) electrons. The summed E-state index contributed by atoms with van der Waals surface area (Å²) in [4.78, 5) is 16.5. The number of hydrogen-bond donors (Lipinski definition) is 0. The third-order valence-corrected chi connectivity index (χ3v) is 5.65. The molecule has 1 aliphatic heterocycles. The summed E-state index contributed by atoms with van der Waals surface area (Å²) < 4.78 is 29.8. The molecule has 25 heavy (non-hydrogen) atoms. The van der Waals surface area contributed by atoms with Gasteiger partial charge in [-0.25, -0.2) is 8.42 Å². The van der Waals surface area contributed by atoms with Crippen LogP contribution in [0.2, 0.25) is 0 Å². The van der Waals surface area contributed by atoms with Crippen LogP contribution in [0.3, 0.4) is 0 Å². The molecule has 0 atom stereocenters. The lowest BCUT2D eigenvalue weighted by Crippen LogP contribution is -2.49. The van der Waals surface area contributed by atoms with Gasteiger partial charge in [-0.15, -0.1) is 0 Å². The van der Waals surface area contributed by atoms with Crippen LogP contribution >= 0.6 is 0 Å². The molecule has 0 spiro atoms. The SMILES string of the molecule is COCCN(CCC(=O)N1CCN(c2ccccc2)CC1)S(C)(=O)=O. The van der Waals surface area contributed by atoms with Crippen molar-refractivity contribution >= 4 is 21.6 Å². The zero-order valence-corrected chi connectivity index (χ0v) is 15.7. The highest BCUT2D eigenvalue weighted by molar-refractivity contribution is 7.88. The van der Waals surface area contributed by atoms with Crippen molar-refractivity contribution in [3.05, 3.63) is 30.3 Å². The van der Waals surface area contributed by atoms with E-state index >= 15 is 0 Å². The van der Waals surface area contributed by atoms with E-state index in [0.29, 0.717) is 19.7 Å². The van der Waals surface area contributed by atoms with Crippen LogP contribution in [0.15, 0.2) is 30.3 Å². The Bertz CT molecular complexity index is 643. The second-order valence-electron chi connectivity index (χ2n) is 6.11. The average molecular weight is 369 g/mol. The number of nitrogens with zero attached hydrogens (tertiary/aromatic N) is 3. The van der Waals surface area contributed by atoms with Crippen molar-refractivity contribution in [3.8, 4) is 0 Å². The van der Waals surface area contributed by atoms with E-state index < -0.39 is 10.0 Å². The number of sulfonamides is 1. The van der Waals surface area contributed by atoms with Gasteiger partial charge in [0, 0.05) is 58.5 Å². The van der Waals surface area contributed by atoms with E-state index in [0.717, 1.165) is 25.0 Å². The van der Waals surface area contributed by atoms with Crippen molar-refractivity contribution in [2.24, 2.45) is 0 Å². The summed E-state index contributed by atoms with van der Waals surface area (Å²) in [6, 6.07) is 10.1. The maximum Gasteiger partial charge on any atom is 0.224 e. The quantitative estimate of drug-likeness (QED) is 0.672. The molecule has 8 heteroatoms. The maximum atomic E-state index is 12.4. The third kappa shape index (κ3) is 5.98. The Morgan fingerprint density at radius 2 is 1.76 bits per heavy atom. The van der Waals surface area contributed by atoms with Crippen molar-refractivity contribution in [2.75, 3.05) is 64.1 Å². The summed E-state index contributed by atoms with van der Waals surface area (Å²) in [7, 11) is -1.81. The number of ether oxygens (including phenoxy) is 1. The Labute approximate surface area is 150 Å². The maximum absolute atomic E-state index is 12.4. The minimum absolute atomic E-state index is 0.00113. The van der Waals surface area contributed by atoms with Crippen LogP contribution in [0, 0.1) is 0 Å². The molecule has 0 bridgehead atoms. The van der Waals surface area contributed by atoms with Gasteiger partial charge in [-0.2, -0.15) is 4.31 Å². The molecule has 1 fully saturated rings. The second kappa shape index (κ2) is 9.17. The number of methoxy groups -OCH3 is 1. The summed E-state index contributed by atoms with van der Waals surface area (Å²) >= 11 is 0. The molecule has 0 unspecified atom stereocenters. The summed E-state index contributed by atoms with van der Waals surface area (Å²) in [5.74, 6) is -0.00113. The van der Waals surface area contributed by atoms with Gasteiger partial charge in [-0.1, -0.05) is 18.2 Å². The second-order valence-corrected chi connectivity index (χ2v) is 8.09. The van der Waals surface area contributed by atoms with Crippen LogP contribution in [0.5, 0.6) is 0 Å². The Balaban J connectivity index is 1.82. The number of benzene rings is 1. The summed E-state index contributed by atoms with van der Waals surface area (Å²) in [6.07, 6.45) is 1.36. The van der Waals surface area contributed by atoms with Gasteiger partial charge < -0.3 is 14.5 Å². The van der Waals surface area contributed by atoms with E-state index in [4.69, 9.17) is 4.74 Å². The zero-order valence-electron chi connectivity index (χ0n) is 14.9. The molecule has 140 valence electrons. The van der Waals surface area contributed by atoms with Gasteiger partial charge in [-0.3, -0.25) is 4.79 Å². The highest BCUT2D eigenvalue weighted by Gasteiger charge is 2.23. The minimum atomic E-state index is -3.33. The molecule has 0 aromatic heterocycles. The van der Waals surface area contributed by atoms with Crippen molar-refractivity contribution in [2.45, 2.75) is 6.42 Å². The zero-order chi connectivity index (χ0) is 18.3. The number of amides is 1. The summed E-state index contributed by atoms with van der Waals surface area (Å²) in [6.45, 7) is 3.67. The highest BCUT2D eigenvalue weighted by atomic mass is 32.2. The molecule has 1 aliphatic rings. The highest BCUT2D eigenvalue weighted by Crippen LogP contribution is 2.16. The van der Waals surface area contributed by atoms with Crippen LogP contribution in [0.1, 0.15) is 6.42 Å². The van der Waals surface area contributed by atoms with E-state index in [1.54, 1.807) is 0 Å². The third-order valence-electron chi connectivity index (χ3n) is 4.34. The van der Waals surface area contributed by atoms with Crippen LogP contribution < -0.4 is 4.90 Å². The van der Waals surface area contributed by atoms with E-state index in [9.17, 15) is 13.2 Å². The smallest absolute Gasteiger partial charge is 0.224 e. The van der Waals surface area contributed by atoms with Gasteiger partial charge in [0.15, 0.2) is 0 Å². The average Bonchev–Trinajstić information content (AvgIpc) is 2.61. The lowest BCUT2D eigenvalue weighted by molar-refractivity contribution is -0.131. The minimum Gasteiger partial charge on any atom is -0.383 e. The van der Waals surface area contributed by atoms with Crippen LogP contribution in [-0.2, 0) is 19.6 Å². The number of para-hydroxylation sites is 1. The van der Waals surface area contributed by atoms with Gasteiger partial charge in [0.05, 0.1) is 12.9 Å². The van der Waals surface area contributed by atoms with Gasteiger partial charge >= 0.3 is 0 Å². The van der Waals surface area contributed by atoms with Crippen molar-refractivity contribution in [1.82, 2.24) is 9.21 Å². The molecule has 1 amide bonds. The number of anilines is 1. The fourth-order valence-electron chi connectivity index (χ4n) is 2.87. The fraction of sp³-hybridized carbons (Fsp3) is 0.588. The number of carbonyl (C=O) groups is 1. The lowest BCUT2D eigenvalue weighted by atomic mass is 10.2. The standard InChI is InChI=1S/C17H27N3O4S/c1-24-15-14-20(25(2,22)23)9-8-17(21)19-12-10-18(11-13-19)16-6-4-3-5-7-16/h3-7H,8-15H2,1-2H3. The first-order chi connectivity index (χ1) is 11.9.